The normalized spacial score (nSPS) is 11.9. The largest absolute Gasteiger partial charge is 0.335 e. The van der Waals surface area contributed by atoms with Crippen molar-refractivity contribution in [2.24, 2.45) is 11.0 Å². The van der Waals surface area contributed by atoms with Gasteiger partial charge in [-0.1, -0.05) is 13.3 Å². The van der Waals surface area contributed by atoms with Crippen molar-refractivity contribution in [3.05, 3.63) is 0 Å². The summed E-state index contributed by atoms with van der Waals surface area (Å²) in [5.41, 5.74) is 9.77. The molecule has 0 unspecified atom stereocenters. The predicted octanol–water partition coefficient (Wildman–Crippen LogP) is 0.829. The summed E-state index contributed by atoms with van der Waals surface area (Å²) in [4.78, 5) is 0. The van der Waals surface area contributed by atoms with Gasteiger partial charge in [-0.25, -0.2) is 11.0 Å². The Bertz CT molecular complexity index is 111. The van der Waals surface area contributed by atoms with E-state index in [9.17, 15) is 4.57 Å². The Kier molecular flexibility index (Phi) is 4.06. The zero-order chi connectivity index (χ0) is 7.33. The lowest BCUT2D eigenvalue weighted by atomic mass is 10.4. The molecule has 4 nitrogen and oxygen atoms in total. The molecule has 9 heavy (non-hydrogen) atoms. The van der Waals surface area contributed by atoms with Crippen LogP contribution in [-0.2, 0) is 9.09 Å². The van der Waals surface area contributed by atoms with Crippen molar-refractivity contribution in [3.63, 3.8) is 0 Å². The van der Waals surface area contributed by atoms with Crippen molar-refractivity contribution in [3.8, 4) is 0 Å². The third-order valence-corrected chi connectivity index (χ3v) is 1.38. The summed E-state index contributed by atoms with van der Waals surface area (Å²) in [5.74, 6) is 0. The zero-order valence-corrected chi connectivity index (χ0v) is 6.43. The Morgan fingerprint density at radius 2 is 2.11 bits per heavy atom. The molecule has 0 aromatic carbocycles. The van der Waals surface area contributed by atoms with Crippen molar-refractivity contribution in [2.45, 2.75) is 19.8 Å². The number of nitrogens with two attached hydrogens (primary N) is 2. The van der Waals surface area contributed by atoms with E-state index in [1.165, 1.54) is 0 Å². The van der Waals surface area contributed by atoms with Crippen LogP contribution in [-0.4, -0.2) is 6.61 Å². The van der Waals surface area contributed by atoms with Gasteiger partial charge in [-0.3, -0.25) is 4.57 Å². The summed E-state index contributed by atoms with van der Waals surface area (Å²) >= 11 is 0. The van der Waals surface area contributed by atoms with Crippen molar-refractivity contribution < 1.29 is 9.09 Å². The lowest BCUT2D eigenvalue weighted by Crippen LogP contribution is -2.08. The van der Waals surface area contributed by atoms with E-state index in [1.54, 1.807) is 0 Å². The van der Waals surface area contributed by atoms with E-state index >= 15 is 0 Å². The fourth-order valence-corrected chi connectivity index (χ4v) is 0.766. The van der Waals surface area contributed by atoms with E-state index in [0.717, 1.165) is 12.8 Å². The van der Waals surface area contributed by atoms with Crippen LogP contribution in [0.4, 0.5) is 0 Å². The average Bonchev–Trinajstić information content (AvgIpc) is 1.63. The smallest absolute Gasteiger partial charge is 0.306 e. The Labute approximate surface area is 55.1 Å². The highest BCUT2D eigenvalue weighted by atomic mass is 31.2. The van der Waals surface area contributed by atoms with Crippen LogP contribution in [0.2, 0.25) is 0 Å². The van der Waals surface area contributed by atoms with Gasteiger partial charge < -0.3 is 4.52 Å². The molecule has 0 aliphatic rings. The van der Waals surface area contributed by atoms with Gasteiger partial charge in [-0.05, 0) is 6.42 Å². The summed E-state index contributed by atoms with van der Waals surface area (Å²) in [6, 6.07) is 0. The van der Waals surface area contributed by atoms with Crippen LogP contribution in [0.3, 0.4) is 0 Å². The van der Waals surface area contributed by atoms with Crippen LogP contribution in [0.1, 0.15) is 19.8 Å². The van der Waals surface area contributed by atoms with Gasteiger partial charge in [-0.2, -0.15) is 0 Å². The molecule has 56 valence electrons. The molecule has 4 N–H and O–H groups in total. The van der Waals surface area contributed by atoms with Crippen molar-refractivity contribution in [1.82, 2.24) is 0 Å². The van der Waals surface area contributed by atoms with Crippen LogP contribution in [0.5, 0.6) is 0 Å². The minimum absolute atomic E-state index is 0.390. The van der Waals surface area contributed by atoms with E-state index in [2.05, 4.69) is 4.52 Å². The molecule has 0 spiro atoms. The van der Waals surface area contributed by atoms with Crippen molar-refractivity contribution in [2.75, 3.05) is 6.61 Å². The van der Waals surface area contributed by atoms with E-state index in [0.29, 0.717) is 6.61 Å². The Morgan fingerprint density at radius 3 is 2.44 bits per heavy atom. The molecule has 0 heterocycles. The molecular formula is C4H13N2O2P. The molecule has 0 fully saturated rings. The number of hydrogen-bond acceptors (Lipinski definition) is 2. The highest BCUT2D eigenvalue weighted by Crippen LogP contribution is 2.25. The van der Waals surface area contributed by atoms with E-state index in [1.807, 2.05) is 6.92 Å². The number of rotatable bonds is 4. The van der Waals surface area contributed by atoms with Crippen LogP contribution < -0.4 is 11.0 Å². The highest BCUT2D eigenvalue weighted by molar-refractivity contribution is 7.53. The fraction of sp³-hybridized carbons (Fsp3) is 1.00. The molecule has 0 saturated carbocycles. The first kappa shape index (κ1) is 9.11. The van der Waals surface area contributed by atoms with E-state index < -0.39 is 7.67 Å². The first-order chi connectivity index (χ1) is 4.06. The second-order valence-corrected chi connectivity index (χ2v) is 3.38. The topological polar surface area (TPSA) is 78.3 Å². The first-order valence-electron chi connectivity index (χ1n) is 2.88. The van der Waals surface area contributed by atoms with Gasteiger partial charge in [0.2, 0.25) is 0 Å². The van der Waals surface area contributed by atoms with Gasteiger partial charge in [0.1, 0.15) is 0 Å². The Hall–Kier alpha value is 0.110. The zero-order valence-electron chi connectivity index (χ0n) is 5.54. The standard InChI is InChI=1S/C4H13N2O2P/c1-2-3-4-8-9(5,6)7/h2-4H2,1H3,(H4,5,6,7). The SMILES string of the molecule is CCCCOP(N)(N)=O. The number of unbranched alkanes of at least 4 members (excludes halogenated alkanes) is 1. The van der Waals surface area contributed by atoms with Gasteiger partial charge in [0.15, 0.2) is 0 Å². The molecule has 0 rings (SSSR count). The van der Waals surface area contributed by atoms with E-state index in [-0.39, 0.29) is 0 Å². The molecule has 5 heteroatoms. The third-order valence-electron chi connectivity index (χ3n) is 0.791. The summed E-state index contributed by atoms with van der Waals surface area (Å²) in [7, 11) is -3.20. The molecule has 0 bridgehead atoms. The predicted molar refractivity (Wildman–Crippen MR) is 36.8 cm³/mol. The summed E-state index contributed by atoms with van der Waals surface area (Å²) < 4.78 is 15.0. The Balaban J connectivity index is 3.18. The molecule has 0 aromatic rings. The average molecular weight is 152 g/mol. The summed E-state index contributed by atoms with van der Waals surface area (Å²) in [6.45, 7) is 2.39. The van der Waals surface area contributed by atoms with Gasteiger partial charge >= 0.3 is 7.67 Å². The quantitative estimate of drug-likeness (QED) is 0.462. The minimum Gasteiger partial charge on any atom is -0.306 e. The van der Waals surface area contributed by atoms with E-state index in [4.69, 9.17) is 11.0 Å². The van der Waals surface area contributed by atoms with Gasteiger partial charge in [0.05, 0.1) is 6.61 Å². The summed E-state index contributed by atoms with van der Waals surface area (Å²) in [6.07, 6.45) is 1.83. The second-order valence-electron chi connectivity index (χ2n) is 1.83. The molecule has 0 atom stereocenters. The van der Waals surface area contributed by atoms with Crippen molar-refractivity contribution in [1.29, 1.82) is 0 Å². The molecule has 0 aliphatic heterocycles. The third kappa shape index (κ3) is 8.11. The van der Waals surface area contributed by atoms with Gasteiger partial charge in [0.25, 0.3) is 0 Å². The monoisotopic (exact) mass is 152 g/mol. The summed E-state index contributed by atoms with van der Waals surface area (Å²) in [5, 5.41) is 0. The first-order valence-corrected chi connectivity index (χ1v) is 4.64. The van der Waals surface area contributed by atoms with Gasteiger partial charge in [-0.15, -0.1) is 0 Å². The molecule has 0 aromatic heterocycles. The maximum atomic E-state index is 10.4. The fourth-order valence-electron chi connectivity index (χ4n) is 0.352. The minimum atomic E-state index is -3.20. The van der Waals surface area contributed by atoms with Crippen molar-refractivity contribution >= 4 is 7.67 Å². The molecule has 0 amide bonds. The number of hydrogen-bond donors (Lipinski definition) is 2. The highest BCUT2D eigenvalue weighted by Gasteiger charge is 2.05. The maximum Gasteiger partial charge on any atom is 0.335 e. The van der Waals surface area contributed by atoms with Crippen LogP contribution in [0.25, 0.3) is 0 Å². The lowest BCUT2D eigenvalue weighted by Gasteiger charge is -2.05. The molecule has 0 saturated heterocycles. The van der Waals surface area contributed by atoms with Crippen LogP contribution in [0.15, 0.2) is 0 Å². The van der Waals surface area contributed by atoms with Crippen LogP contribution >= 0.6 is 7.67 Å². The Morgan fingerprint density at radius 1 is 1.56 bits per heavy atom. The lowest BCUT2D eigenvalue weighted by molar-refractivity contribution is 0.307. The molecular weight excluding hydrogens is 139 g/mol. The van der Waals surface area contributed by atoms with Gasteiger partial charge in [0, 0.05) is 0 Å². The maximum absolute atomic E-state index is 10.4. The second kappa shape index (κ2) is 4.01. The van der Waals surface area contributed by atoms with Crippen LogP contribution in [0, 0.1) is 0 Å². The molecule has 0 radical (unpaired) electrons. The molecule has 0 aliphatic carbocycles.